The molecule has 0 amide bonds. The van der Waals surface area contributed by atoms with Gasteiger partial charge in [-0.05, 0) is 44.5 Å². The minimum Gasteiger partial charge on any atom is -0.334 e. The zero-order chi connectivity index (χ0) is 18.1. The predicted octanol–water partition coefficient (Wildman–Crippen LogP) is 3.89. The van der Waals surface area contributed by atoms with Gasteiger partial charge in [0.2, 0.25) is 11.6 Å². The Morgan fingerprint density at radius 2 is 1.96 bits per heavy atom. The lowest BCUT2D eigenvalue weighted by atomic mass is 10.2. The number of hydrogen-bond acceptors (Lipinski definition) is 6. The molecule has 0 saturated heterocycles. The van der Waals surface area contributed by atoms with Crippen molar-refractivity contribution in [3.63, 3.8) is 0 Å². The summed E-state index contributed by atoms with van der Waals surface area (Å²) >= 11 is 6.02. The highest BCUT2D eigenvalue weighted by molar-refractivity contribution is 6.30. The third-order valence-electron chi connectivity index (χ3n) is 3.65. The smallest absolute Gasteiger partial charge is 0.334 e. The van der Waals surface area contributed by atoms with E-state index in [1.54, 1.807) is 19.1 Å². The van der Waals surface area contributed by atoms with E-state index in [4.69, 9.17) is 11.6 Å². The van der Waals surface area contributed by atoms with E-state index in [2.05, 4.69) is 20.4 Å². The molecule has 1 aromatic carbocycles. The van der Waals surface area contributed by atoms with Crippen molar-refractivity contribution in [3.05, 3.63) is 62.7 Å². The fraction of sp³-hybridized carbons (Fsp3) is 0.188. The number of anilines is 2. The van der Waals surface area contributed by atoms with Gasteiger partial charge in [-0.25, -0.2) is 14.6 Å². The van der Waals surface area contributed by atoms with Crippen molar-refractivity contribution < 1.29 is 4.92 Å². The number of nitro groups is 1. The van der Waals surface area contributed by atoms with Crippen LogP contribution in [0.15, 0.2) is 30.6 Å². The molecular weight excluding hydrogens is 344 g/mol. The number of rotatable bonds is 4. The molecule has 0 aliphatic heterocycles. The molecule has 2 heterocycles. The highest BCUT2D eigenvalue weighted by Gasteiger charge is 2.26. The third-order valence-corrected chi connectivity index (χ3v) is 3.88. The van der Waals surface area contributed by atoms with Gasteiger partial charge >= 0.3 is 5.69 Å². The van der Waals surface area contributed by atoms with Crippen LogP contribution in [-0.4, -0.2) is 24.7 Å². The number of aryl methyl sites for hydroxylation is 3. The van der Waals surface area contributed by atoms with Crippen molar-refractivity contribution in [1.29, 1.82) is 0 Å². The SMILES string of the molecule is Cc1cc(C)n(-c2ncnc(Nc3cc(Cl)ccc3C)c2[N+](=O)[O-])n1. The van der Waals surface area contributed by atoms with Gasteiger partial charge < -0.3 is 5.32 Å². The van der Waals surface area contributed by atoms with Gasteiger partial charge in [0, 0.05) is 16.4 Å². The number of nitrogens with zero attached hydrogens (tertiary/aromatic N) is 5. The van der Waals surface area contributed by atoms with Crippen LogP contribution in [-0.2, 0) is 0 Å². The molecule has 2 aromatic heterocycles. The van der Waals surface area contributed by atoms with Crippen LogP contribution in [0.4, 0.5) is 17.2 Å². The maximum Gasteiger partial charge on any atom is 0.355 e. The van der Waals surface area contributed by atoms with Crippen LogP contribution in [0, 0.1) is 30.9 Å². The minimum absolute atomic E-state index is 0.0768. The van der Waals surface area contributed by atoms with Crippen molar-refractivity contribution in [2.24, 2.45) is 0 Å². The Hall–Kier alpha value is -3.00. The quantitative estimate of drug-likeness (QED) is 0.561. The van der Waals surface area contributed by atoms with E-state index in [0.29, 0.717) is 10.7 Å². The highest BCUT2D eigenvalue weighted by atomic mass is 35.5. The molecule has 0 radical (unpaired) electrons. The molecule has 128 valence electrons. The summed E-state index contributed by atoms with van der Waals surface area (Å²) in [5, 5.41) is 19.5. The summed E-state index contributed by atoms with van der Waals surface area (Å²) in [6.07, 6.45) is 1.26. The largest absolute Gasteiger partial charge is 0.355 e. The molecule has 0 atom stereocenters. The number of halogens is 1. The predicted molar refractivity (Wildman–Crippen MR) is 94.8 cm³/mol. The first-order valence-corrected chi connectivity index (χ1v) is 7.81. The van der Waals surface area contributed by atoms with Gasteiger partial charge in [-0.2, -0.15) is 5.10 Å². The maximum absolute atomic E-state index is 11.7. The van der Waals surface area contributed by atoms with Crippen molar-refractivity contribution >= 4 is 28.8 Å². The van der Waals surface area contributed by atoms with E-state index in [1.165, 1.54) is 11.0 Å². The number of nitrogens with one attached hydrogen (secondary N) is 1. The van der Waals surface area contributed by atoms with Crippen molar-refractivity contribution in [2.75, 3.05) is 5.32 Å². The molecule has 0 aliphatic carbocycles. The summed E-state index contributed by atoms with van der Waals surface area (Å²) in [4.78, 5) is 19.3. The van der Waals surface area contributed by atoms with Crippen molar-refractivity contribution in [3.8, 4) is 5.82 Å². The lowest BCUT2D eigenvalue weighted by Crippen LogP contribution is -2.10. The zero-order valence-electron chi connectivity index (χ0n) is 13.8. The molecule has 0 unspecified atom stereocenters. The molecule has 3 aromatic rings. The summed E-state index contributed by atoms with van der Waals surface area (Å²) in [7, 11) is 0. The Balaban J connectivity index is 2.15. The summed E-state index contributed by atoms with van der Waals surface area (Å²) in [5.74, 6) is 0.181. The molecule has 0 saturated carbocycles. The van der Waals surface area contributed by atoms with Gasteiger partial charge in [-0.3, -0.25) is 10.1 Å². The number of benzene rings is 1. The Bertz CT molecular complexity index is 969. The zero-order valence-corrected chi connectivity index (χ0v) is 14.6. The van der Waals surface area contributed by atoms with E-state index < -0.39 is 4.92 Å². The fourth-order valence-electron chi connectivity index (χ4n) is 2.48. The molecular formula is C16H15ClN6O2. The molecule has 25 heavy (non-hydrogen) atoms. The fourth-order valence-corrected chi connectivity index (χ4v) is 2.66. The van der Waals surface area contributed by atoms with Gasteiger partial charge in [-0.1, -0.05) is 17.7 Å². The maximum atomic E-state index is 11.7. The van der Waals surface area contributed by atoms with Gasteiger partial charge in [-0.15, -0.1) is 0 Å². The first kappa shape index (κ1) is 16.8. The standard InChI is InChI=1S/C16H15ClN6O2/c1-9-4-5-12(17)7-13(9)20-15-14(23(24)25)16(19-8-18-15)22-11(3)6-10(2)21-22/h4-8H,1-3H3,(H,18,19,20). The third kappa shape index (κ3) is 3.29. The molecule has 8 nitrogen and oxygen atoms in total. The van der Waals surface area contributed by atoms with Crippen LogP contribution in [0.1, 0.15) is 17.0 Å². The second kappa shape index (κ2) is 6.48. The summed E-state index contributed by atoms with van der Waals surface area (Å²) in [6, 6.07) is 7.07. The van der Waals surface area contributed by atoms with Crippen LogP contribution < -0.4 is 5.32 Å². The van der Waals surface area contributed by atoms with Crippen LogP contribution >= 0.6 is 11.6 Å². The van der Waals surface area contributed by atoms with E-state index in [-0.39, 0.29) is 17.3 Å². The van der Waals surface area contributed by atoms with Gasteiger partial charge in [0.1, 0.15) is 6.33 Å². The summed E-state index contributed by atoms with van der Waals surface area (Å²) < 4.78 is 1.44. The average molecular weight is 359 g/mol. The Morgan fingerprint density at radius 3 is 2.60 bits per heavy atom. The van der Waals surface area contributed by atoms with Gasteiger partial charge in [0.25, 0.3) is 0 Å². The monoisotopic (exact) mass is 358 g/mol. The Labute approximate surface area is 148 Å². The average Bonchev–Trinajstić information content (AvgIpc) is 2.89. The Kier molecular flexibility index (Phi) is 4.37. The molecule has 1 N–H and O–H groups in total. The van der Waals surface area contributed by atoms with Crippen LogP contribution in [0.3, 0.4) is 0 Å². The summed E-state index contributed by atoms with van der Waals surface area (Å²) in [5.41, 5.74) is 2.74. The second-order valence-electron chi connectivity index (χ2n) is 5.57. The molecule has 0 fully saturated rings. The van der Waals surface area contributed by atoms with Crippen LogP contribution in [0.25, 0.3) is 5.82 Å². The molecule has 0 aliphatic rings. The number of aromatic nitrogens is 4. The lowest BCUT2D eigenvalue weighted by molar-refractivity contribution is -0.384. The van der Waals surface area contributed by atoms with Crippen molar-refractivity contribution in [1.82, 2.24) is 19.7 Å². The molecule has 0 bridgehead atoms. The van der Waals surface area contributed by atoms with E-state index in [9.17, 15) is 10.1 Å². The molecule has 9 heteroatoms. The molecule has 3 rings (SSSR count). The van der Waals surface area contributed by atoms with E-state index in [1.807, 2.05) is 26.0 Å². The normalized spacial score (nSPS) is 10.7. The van der Waals surface area contributed by atoms with Gasteiger partial charge in [0.05, 0.1) is 10.6 Å². The highest BCUT2D eigenvalue weighted by Crippen LogP contribution is 2.32. The lowest BCUT2D eigenvalue weighted by Gasteiger charge is -2.11. The van der Waals surface area contributed by atoms with Crippen LogP contribution in [0.5, 0.6) is 0 Å². The van der Waals surface area contributed by atoms with Crippen LogP contribution in [0.2, 0.25) is 5.02 Å². The first-order chi connectivity index (χ1) is 11.9. The van der Waals surface area contributed by atoms with Crippen molar-refractivity contribution in [2.45, 2.75) is 20.8 Å². The minimum atomic E-state index is -0.520. The number of hydrogen-bond donors (Lipinski definition) is 1. The topological polar surface area (TPSA) is 98.8 Å². The molecule has 0 spiro atoms. The summed E-state index contributed by atoms with van der Waals surface area (Å²) in [6.45, 7) is 5.48. The second-order valence-corrected chi connectivity index (χ2v) is 6.01. The first-order valence-electron chi connectivity index (χ1n) is 7.43. The Morgan fingerprint density at radius 1 is 1.20 bits per heavy atom. The van der Waals surface area contributed by atoms with E-state index in [0.717, 1.165) is 17.0 Å². The van der Waals surface area contributed by atoms with E-state index >= 15 is 0 Å². The van der Waals surface area contributed by atoms with Gasteiger partial charge in [0.15, 0.2) is 0 Å².